The number of carbonyl (C=O) groups is 1. The van der Waals surface area contributed by atoms with Crippen LogP contribution in [0.4, 0.5) is 5.82 Å². The molecule has 0 saturated heterocycles. The summed E-state index contributed by atoms with van der Waals surface area (Å²) in [4.78, 5) is 20.3. The van der Waals surface area contributed by atoms with Gasteiger partial charge in [-0.2, -0.15) is 0 Å². The molecule has 1 atom stereocenters. The molecule has 2 aromatic rings. The average molecular weight is 257 g/mol. The van der Waals surface area contributed by atoms with E-state index in [1.165, 1.54) is 0 Å². The number of hydrogen-bond acceptors (Lipinski definition) is 5. The second kappa shape index (κ2) is 5.92. The Morgan fingerprint density at radius 1 is 1.26 bits per heavy atom. The quantitative estimate of drug-likeness (QED) is 0.566. The molecule has 0 aliphatic heterocycles. The van der Waals surface area contributed by atoms with E-state index in [-0.39, 0.29) is 11.9 Å². The molecule has 0 aromatic carbocycles. The maximum Gasteiger partial charge on any atom is 0.270 e. The standard InChI is InChI=1S/C13H15N5O/c1-9(10-5-2-3-8-15-10)16-13(19)11-6-4-7-12(17-11)18-14/h2-9H,14H2,1H3,(H,16,19)(H,17,18). The van der Waals surface area contributed by atoms with Crippen molar-refractivity contribution in [1.29, 1.82) is 0 Å². The van der Waals surface area contributed by atoms with Crippen molar-refractivity contribution in [3.05, 3.63) is 54.0 Å². The lowest BCUT2D eigenvalue weighted by Crippen LogP contribution is -2.28. The number of amides is 1. The predicted molar refractivity (Wildman–Crippen MR) is 72.2 cm³/mol. The monoisotopic (exact) mass is 257 g/mol. The van der Waals surface area contributed by atoms with Gasteiger partial charge in [0, 0.05) is 6.20 Å². The molecule has 0 saturated carbocycles. The highest BCUT2D eigenvalue weighted by Gasteiger charge is 2.13. The number of hydrogen-bond donors (Lipinski definition) is 3. The molecule has 2 rings (SSSR count). The van der Waals surface area contributed by atoms with E-state index in [1.807, 2.05) is 25.1 Å². The maximum atomic E-state index is 12.0. The second-order valence-corrected chi connectivity index (χ2v) is 4.00. The minimum absolute atomic E-state index is 0.190. The average Bonchev–Trinajstić information content (AvgIpc) is 2.48. The van der Waals surface area contributed by atoms with Crippen LogP contribution < -0.4 is 16.6 Å². The molecule has 0 fully saturated rings. The molecule has 6 heteroatoms. The smallest absolute Gasteiger partial charge is 0.270 e. The Hall–Kier alpha value is -2.47. The molecule has 0 spiro atoms. The van der Waals surface area contributed by atoms with E-state index in [9.17, 15) is 4.79 Å². The fourth-order valence-electron chi connectivity index (χ4n) is 1.62. The zero-order valence-electron chi connectivity index (χ0n) is 10.5. The van der Waals surface area contributed by atoms with Crippen LogP contribution in [0.25, 0.3) is 0 Å². The summed E-state index contributed by atoms with van der Waals surface area (Å²) in [6, 6.07) is 10.4. The number of nitrogens with two attached hydrogens (primary N) is 1. The third kappa shape index (κ3) is 3.26. The largest absolute Gasteiger partial charge is 0.343 e. The summed E-state index contributed by atoms with van der Waals surface area (Å²) in [5.74, 6) is 5.43. The normalized spacial score (nSPS) is 11.7. The van der Waals surface area contributed by atoms with Gasteiger partial charge in [0.1, 0.15) is 11.5 Å². The van der Waals surface area contributed by atoms with E-state index in [4.69, 9.17) is 5.84 Å². The summed E-state index contributed by atoms with van der Waals surface area (Å²) in [6.07, 6.45) is 1.69. The lowest BCUT2D eigenvalue weighted by Gasteiger charge is -2.13. The highest BCUT2D eigenvalue weighted by atomic mass is 16.1. The van der Waals surface area contributed by atoms with Crippen LogP contribution in [0.5, 0.6) is 0 Å². The second-order valence-electron chi connectivity index (χ2n) is 4.00. The molecular formula is C13H15N5O. The van der Waals surface area contributed by atoms with Crippen molar-refractivity contribution in [2.24, 2.45) is 5.84 Å². The van der Waals surface area contributed by atoms with Gasteiger partial charge in [0.15, 0.2) is 0 Å². The molecule has 1 unspecified atom stereocenters. The fourth-order valence-corrected chi connectivity index (χ4v) is 1.62. The molecule has 1 amide bonds. The number of hydrazine groups is 1. The van der Waals surface area contributed by atoms with Crippen molar-refractivity contribution in [3.63, 3.8) is 0 Å². The van der Waals surface area contributed by atoms with Gasteiger partial charge in [-0.25, -0.2) is 10.8 Å². The van der Waals surface area contributed by atoms with Gasteiger partial charge in [0.25, 0.3) is 5.91 Å². The molecule has 19 heavy (non-hydrogen) atoms. The first-order valence-corrected chi connectivity index (χ1v) is 5.86. The minimum atomic E-state index is -0.268. The van der Waals surface area contributed by atoms with Crippen molar-refractivity contribution in [2.75, 3.05) is 5.43 Å². The summed E-state index contributed by atoms with van der Waals surface area (Å²) in [6.45, 7) is 1.87. The van der Waals surface area contributed by atoms with Crippen molar-refractivity contribution >= 4 is 11.7 Å². The lowest BCUT2D eigenvalue weighted by atomic mass is 10.2. The zero-order valence-corrected chi connectivity index (χ0v) is 10.5. The number of carbonyl (C=O) groups excluding carboxylic acids is 1. The van der Waals surface area contributed by atoms with E-state index in [2.05, 4.69) is 20.7 Å². The van der Waals surface area contributed by atoms with Gasteiger partial charge in [0.05, 0.1) is 11.7 Å². The molecule has 4 N–H and O–H groups in total. The zero-order chi connectivity index (χ0) is 13.7. The van der Waals surface area contributed by atoms with Crippen LogP contribution in [0.1, 0.15) is 29.1 Å². The van der Waals surface area contributed by atoms with Gasteiger partial charge in [-0.15, -0.1) is 0 Å². The number of pyridine rings is 2. The number of nitrogens with one attached hydrogen (secondary N) is 2. The lowest BCUT2D eigenvalue weighted by molar-refractivity contribution is 0.0934. The number of nitrogens with zero attached hydrogens (tertiary/aromatic N) is 2. The van der Waals surface area contributed by atoms with E-state index >= 15 is 0 Å². The molecule has 6 nitrogen and oxygen atoms in total. The summed E-state index contributed by atoms with van der Waals surface area (Å²) < 4.78 is 0. The molecular weight excluding hydrogens is 242 g/mol. The molecule has 0 bridgehead atoms. The van der Waals surface area contributed by atoms with E-state index in [0.717, 1.165) is 5.69 Å². The minimum Gasteiger partial charge on any atom is -0.343 e. The highest BCUT2D eigenvalue weighted by Crippen LogP contribution is 2.10. The van der Waals surface area contributed by atoms with Crippen LogP contribution in [-0.2, 0) is 0 Å². The Labute approximate surface area is 111 Å². The van der Waals surface area contributed by atoms with Crippen molar-refractivity contribution in [2.45, 2.75) is 13.0 Å². The highest BCUT2D eigenvalue weighted by molar-refractivity contribution is 5.92. The Kier molecular flexibility index (Phi) is 4.04. The van der Waals surface area contributed by atoms with Gasteiger partial charge < -0.3 is 10.7 Å². The summed E-state index contributed by atoms with van der Waals surface area (Å²) in [7, 11) is 0. The topological polar surface area (TPSA) is 92.9 Å². The van der Waals surface area contributed by atoms with Gasteiger partial charge in [-0.1, -0.05) is 12.1 Å². The van der Waals surface area contributed by atoms with Crippen LogP contribution in [0.15, 0.2) is 42.6 Å². The number of aromatic nitrogens is 2. The van der Waals surface area contributed by atoms with Crippen LogP contribution in [0, 0.1) is 0 Å². The van der Waals surface area contributed by atoms with E-state index < -0.39 is 0 Å². The Morgan fingerprint density at radius 3 is 2.79 bits per heavy atom. The van der Waals surface area contributed by atoms with E-state index in [0.29, 0.717) is 11.5 Å². The third-order valence-corrected chi connectivity index (χ3v) is 2.61. The van der Waals surface area contributed by atoms with E-state index in [1.54, 1.807) is 24.4 Å². The van der Waals surface area contributed by atoms with Gasteiger partial charge in [0.2, 0.25) is 0 Å². The number of anilines is 1. The molecule has 2 aromatic heterocycles. The first-order chi connectivity index (χ1) is 9.20. The summed E-state index contributed by atoms with van der Waals surface area (Å²) >= 11 is 0. The SMILES string of the molecule is CC(NC(=O)c1cccc(NN)n1)c1ccccn1. The Bertz CT molecular complexity index is 558. The summed E-state index contributed by atoms with van der Waals surface area (Å²) in [5.41, 5.74) is 3.50. The van der Waals surface area contributed by atoms with Gasteiger partial charge in [-0.3, -0.25) is 9.78 Å². The van der Waals surface area contributed by atoms with Gasteiger partial charge >= 0.3 is 0 Å². The number of nitrogen functional groups attached to an aromatic ring is 1. The van der Waals surface area contributed by atoms with Gasteiger partial charge in [-0.05, 0) is 31.2 Å². The molecule has 0 aliphatic carbocycles. The molecule has 0 aliphatic rings. The molecule has 0 radical (unpaired) electrons. The maximum absolute atomic E-state index is 12.0. The first-order valence-electron chi connectivity index (χ1n) is 5.86. The van der Waals surface area contributed by atoms with Crippen LogP contribution in [0.3, 0.4) is 0 Å². The third-order valence-electron chi connectivity index (χ3n) is 2.61. The van der Waals surface area contributed by atoms with Crippen molar-refractivity contribution < 1.29 is 4.79 Å². The Balaban J connectivity index is 2.08. The van der Waals surface area contributed by atoms with Crippen molar-refractivity contribution in [1.82, 2.24) is 15.3 Å². The number of rotatable bonds is 4. The van der Waals surface area contributed by atoms with Crippen molar-refractivity contribution in [3.8, 4) is 0 Å². The predicted octanol–water partition coefficient (Wildman–Crippen LogP) is 1.25. The first kappa shape index (κ1) is 13.0. The molecule has 2 heterocycles. The van der Waals surface area contributed by atoms with Crippen LogP contribution >= 0.6 is 0 Å². The summed E-state index contributed by atoms with van der Waals surface area (Å²) in [5, 5.41) is 2.83. The molecule has 98 valence electrons. The fraction of sp³-hybridized carbons (Fsp3) is 0.154. The Morgan fingerprint density at radius 2 is 2.11 bits per heavy atom. The van der Waals surface area contributed by atoms with Crippen LogP contribution in [-0.4, -0.2) is 15.9 Å². The van der Waals surface area contributed by atoms with Crippen LogP contribution in [0.2, 0.25) is 0 Å².